The molecule has 6 heteroatoms. The van der Waals surface area contributed by atoms with Crippen molar-refractivity contribution in [3.05, 3.63) is 11.6 Å². The average Bonchev–Trinajstić information content (AvgIpc) is 2.97. The van der Waals surface area contributed by atoms with Gasteiger partial charge in [0, 0.05) is 16.7 Å². The van der Waals surface area contributed by atoms with Gasteiger partial charge in [-0.15, -0.1) is 0 Å². The second kappa shape index (κ2) is 8.35. The third-order valence-corrected chi connectivity index (χ3v) is 12.8. The standard InChI is InChI=1S/C30H48O6/c1-26-10-8-22-27(2,11-9-23(35)29(22,4)15-31)21(26)7-6-18-17(13-26)12-19(33)24-28(18,3)14-20(34)25(36)30(24,5)16-32/h12,18,20-25,31-32,34-36H,6-11,13-16H2,1-5H3. The highest BCUT2D eigenvalue weighted by Crippen LogP contribution is 2.70. The lowest BCUT2D eigenvalue weighted by Gasteiger charge is -2.64. The number of fused-ring (bicyclic) bond motifs is 6. The Labute approximate surface area is 216 Å². The number of ketones is 1. The summed E-state index contributed by atoms with van der Waals surface area (Å²) in [5.41, 5.74) is -0.870. The maximum absolute atomic E-state index is 13.7. The summed E-state index contributed by atoms with van der Waals surface area (Å²) in [6.45, 7) is 10.4. The summed E-state index contributed by atoms with van der Waals surface area (Å²) < 4.78 is 0. The summed E-state index contributed by atoms with van der Waals surface area (Å²) in [7, 11) is 0. The molecule has 5 aliphatic carbocycles. The van der Waals surface area contributed by atoms with E-state index in [1.165, 1.54) is 5.57 Å². The second-order valence-electron chi connectivity index (χ2n) is 14.8. The molecule has 5 rings (SSSR count). The maximum Gasteiger partial charge on any atom is 0.160 e. The molecule has 0 aromatic carbocycles. The Hall–Kier alpha value is -0.790. The zero-order valence-electron chi connectivity index (χ0n) is 22.8. The Kier molecular flexibility index (Phi) is 6.22. The van der Waals surface area contributed by atoms with Crippen molar-refractivity contribution in [2.24, 2.45) is 50.7 Å². The minimum atomic E-state index is -1.13. The average molecular weight is 505 g/mol. The first-order chi connectivity index (χ1) is 16.7. The van der Waals surface area contributed by atoms with Crippen LogP contribution in [-0.4, -0.2) is 62.8 Å². The van der Waals surface area contributed by atoms with Crippen LogP contribution >= 0.6 is 0 Å². The minimum Gasteiger partial charge on any atom is -0.396 e. The third kappa shape index (κ3) is 3.30. The number of carbonyl (C=O) groups is 1. The molecule has 204 valence electrons. The Balaban J connectivity index is 1.55. The molecule has 0 saturated heterocycles. The first-order valence-electron chi connectivity index (χ1n) is 14.2. The van der Waals surface area contributed by atoms with Gasteiger partial charge < -0.3 is 25.5 Å². The van der Waals surface area contributed by atoms with Crippen molar-refractivity contribution in [1.82, 2.24) is 0 Å². The molecule has 0 amide bonds. The van der Waals surface area contributed by atoms with E-state index in [9.17, 15) is 30.3 Å². The van der Waals surface area contributed by atoms with E-state index in [1.54, 1.807) is 6.92 Å². The van der Waals surface area contributed by atoms with Crippen molar-refractivity contribution in [3.8, 4) is 0 Å². The topological polar surface area (TPSA) is 118 Å². The van der Waals surface area contributed by atoms with Crippen LogP contribution in [0.25, 0.3) is 0 Å². The highest BCUT2D eigenvalue weighted by Gasteiger charge is 2.66. The number of hydrogen-bond donors (Lipinski definition) is 5. The fraction of sp³-hybridized carbons (Fsp3) is 0.900. The van der Waals surface area contributed by atoms with Crippen molar-refractivity contribution in [1.29, 1.82) is 0 Å². The SMILES string of the molecule is CC12CCC3C(C)(CO)C(O)CCC3(C)C1CCC1C(=CC(=O)C3C1(C)CC(O)C(O)C3(C)CO)C2. The molecule has 0 aromatic heterocycles. The molecule has 6 nitrogen and oxygen atoms in total. The van der Waals surface area contributed by atoms with Crippen LogP contribution in [0.1, 0.15) is 86.0 Å². The Bertz CT molecular complexity index is 948. The lowest BCUT2D eigenvalue weighted by molar-refractivity contribution is -0.196. The van der Waals surface area contributed by atoms with E-state index < -0.39 is 40.5 Å². The first-order valence-corrected chi connectivity index (χ1v) is 14.2. The van der Waals surface area contributed by atoms with Crippen LogP contribution in [-0.2, 0) is 4.79 Å². The van der Waals surface area contributed by atoms with Gasteiger partial charge in [0.05, 0.1) is 31.5 Å². The predicted octanol–water partition coefficient (Wildman–Crippen LogP) is 3.23. The molecular weight excluding hydrogens is 456 g/mol. The van der Waals surface area contributed by atoms with Gasteiger partial charge in [-0.05, 0) is 91.4 Å². The van der Waals surface area contributed by atoms with Crippen molar-refractivity contribution < 1.29 is 30.3 Å². The quantitative estimate of drug-likeness (QED) is 0.394. The van der Waals surface area contributed by atoms with E-state index in [-0.39, 0.29) is 41.7 Å². The highest BCUT2D eigenvalue weighted by molar-refractivity contribution is 5.95. The smallest absolute Gasteiger partial charge is 0.160 e. The lowest BCUT2D eigenvalue weighted by atomic mass is 9.42. The Morgan fingerprint density at radius 1 is 0.833 bits per heavy atom. The number of carbonyl (C=O) groups excluding carboxylic acids is 1. The van der Waals surface area contributed by atoms with Gasteiger partial charge in [0.25, 0.3) is 0 Å². The summed E-state index contributed by atoms with van der Waals surface area (Å²) in [6.07, 6.45) is 6.04. The molecular formula is C30H48O6. The summed E-state index contributed by atoms with van der Waals surface area (Å²) in [5, 5.41) is 53.4. The molecule has 0 spiro atoms. The van der Waals surface area contributed by atoms with Crippen molar-refractivity contribution in [2.75, 3.05) is 13.2 Å². The van der Waals surface area contributed by atoms with Crippen LogP contribution in [0, 0.1) is 50.7 Å². The summed E-state index contributed by atoms with van der Waals surface area (Å²) in [4.78, 5) is 13.7. The van der Waals surface area contributed by atoms with Gasteiger partial charge in [-0.1, -0.05) is 40.2 Å². The summed E-state index contributed by atoms with van der Waals surface area (Å²) in [5.74, 6) is 0.244. The van der Waals surface area contributed by atoms with Gasteiger partial charge >= 0.3 is 0 Å². The normalized spacial score (nSPS) is 57.0. The predicted molar refractivity (Wildman–Crippen MR) is 137 cm³/mol. The molecule has 4 fully saturated rings. The van der Waals surface area contributed by atoms with Crippen molar-refractivity contribution >= 4 is 5.78 Å². The number of aliphatic hydroxyl groups excluding tert-OH is 5. The van der Waals surface area contributed by atoms with E-state index in [1.807, 2.05) is 6.08 Å². The van der Waals surface area contributed by atoms with Crippen molar-refractivity contribution in [2.45, 2.75) is 104 Å². The number of rotatable bonds is 2. The Morgan fingerprint density at radius 3 is 2.14 bits per heavy atom. The lowest BCUT2D eigenvalue weighted by Crippen LogP contribution is -2.64. The van der Waals surface area contributed by atoms with Gasteiger partial charge in [0.1, 0.15) is 0 Å². The first kappa shape index (κ1) is 26.8. The molecule has 5 aliphatic rings. The van der Waals surface area contributed by atoms with E-state index >= 15 is 0 Å². The zero-order valence-corrected chi connectivity index (χ0v) is 22.8. The van der Waals surface area contributed by atoms with E-state index in [2.05, 4.69) is 27.7 Å². The monoisotopic (exact) mass is 504 g/mol. The summed E-state index contributed by atoms with van der Waals surface area (Å²) >= 11 is 0. The van der Waals surface area contributed by atoms with Gasteiger partial charge in [-0.3, -0.25) is 4.79 Å². The second-order valence-corrected chi connectivity index (χ2v) is 14.8. The van der Waals surface area contributed by atoms with Crippen molar-refractivity contribution in [3.63, 3.8) is 0 Å². The number of allylic oxidation sites excluding steroid dienone is 2. The van der Waals surface area contributed by atoms with E-state index in [4.69, 9.17) is 0 Å². The van der Waals surface area contributed by atoms with E-state index in [0.29, 0.717) is 18.8 Å². The molecule has 0 aliphatic heterocycles. The molecule has 0 aromatic rings. The number of aliphatic hydroxyl groups is 5. The fourth-order valence-electron chi connectivity index (χ4n) is 11.1. The molecule has 0 heterocycles. The van der Waals surface area contributed by atoms with Crippen LogP contribution in [0.2, 0.25) is 0 Å². The molecule has 5 N–H and O–H groups in total. The zero-order chi connectivity index (χ0) is 26.5. The number of hydrogen-bond acceptors (Lipinski definition) is 6. The maximum atomic E-state index is 13.7. The summed E-state index contributed by atoms with van der Waals surface area (Å²) in [6, 6.07) is 0. The van der Waals surface area contributed by atoms with Crippen LogP contribution in [0.4, 0.5) is 0 Å². The third-order valence-electron chi connectivity index (χ3n) is 12.8. The minimum absolute atomic E-state index is 0.000153. The highest BCUT2D eigenvalue weighted by atomic mass is 16.3. The molecule has 0 radical (unpaired) electrons. The van der Waals surface area contributed by atoms with Crippen LogP contribution in [0.15, 0.2) is 11.6 Å². The van der Waals surface area contributed by atoms with Gasteiger partial charge in [0.2, 0.25) is 0 Å². The molecule has 0 bridgehead atoms. The van der Waals surface area contributed by atoms with E-state index in [0.717, 1.165) is 38.5 Å². The molecule has 12 unspecified atom stereocenters. The molecule has 12 atom stereocenters. The molecule has 4 saturated carbocycles. The van der Waals surface area contributed by atoms with Crippen LogP contribution in [0.5, 0.6) is 0 Å². The largest absolute Gasteiger partial charge is 0.396 e. The Morgan fingerprint density at radius 2 is 1.50 bits per heavy atom. The van der Waals surface area contributed by atoms with Gasteiger partial charge in [0.15, 0.2) is 5.78 Å². The molecule has 36 heavy (non-hydrogen) atoms. The van der Waals surface area contributed by atoms with Gasteiger partial charge in [-0.2, -0.15) is 0 Å². The fourth-order valence-corrected chi connectivity index (χ4v) is 11.1. The van der Waals surface area contributed by atoms with Crippen LogP contribution in [0.3, 0.4) is 0 Å². The van der Waals surface area contributed by atoms with Gasteiger partial charge in [-0.25, -0.2) is 0 Å². The van der Waals surface area contributed by atoms with Crippen LogP contribution < -0.4 is 0 Å².